The Kier molecular flexibility index (Phi) is 6.38. The van der Waals surface area contributed by atoms with Gasteiger partial charge in [-0.15, -0.1) is 0 Å². The Balaban J connectivity index is 2.03. The minimum absolute atomic E-state index is 0.0633. The molecule has 0 saturated carbocycles. The van der Waals surface area contributed by atoms with Crippen molar-refractivity contribution in [2.75, 3.05) is 13.7 Å². The Morgan fingerprint density at radius 3 is 2.04 bits per heavy atom. The molecule has 0 spiro atoms. The topological polar surface area (TPSA) is 38.5 Å². The highest BCUT2D eigenvalue weighted by Crippen LogP contribution is 2.33. The van der Waals surface area contributed by atoms with Crippen LogP contribution in [0.3, 0.4) is 0 Å². The van der Waals surface area contributed by atoms with Gasteiger partial charge in [-0.3, -0.25) is 5.84 Å². The highest BCUT2D eigenvalue weighted by molar-refractivity contribution is 5.29. The van der Waals surface area contributed by atoms with Crippen LogP contribution in [0.1, 0.15) is 29.2 Å². The molecule has 2 aromatic rings. The van der Waals surface area contributed by atoms with Crippen LogP contribution in [0.2, 0.25) is 0 Å². The van der Waals surface area contributed by atoms with Crippen LogP contribution < -0.4 is 10.6 Å². The summed E-state index contributed by atoms with van der Waals surface area (Å²) in [6.45, 7) is 0.0633. The van der Waals surface area contributed by atoms with Crippen LogP contribution in [0.25, 0.3) is 0 Å². The van der Waals surface area contributed by atoms with Crippen molar-refractivity contribution < 1.29 is 31.1 Å². The Bertz CT molecular complexity index is 741. The molecule has 2 rings (SSSR count). The Labute approximate surface area is 152 Å². The predicted molar refractivity (Wildman–Crippen MR) is 87.7 cm³/mol. The third-order valence-corrected chi connectivity index (χ3v) is 3.93. The standard InChI is InChI=1S/C18H18F6N2O/c1-26(25)16(12-3-2-4-14(11-12)18(22,23)24)9-10-27-15-7-5-13(6-8-15)17(19,20)21/h2-8,11,16H,9-10,25H2,1H3. The van der Waals surface area contributed by atoms with Crippen molar-refractivity contribution in [2.45, 2.75) is 24.8 Å². The van der Waals surface area contributed by atoms with Crippen LogP contribution in [0.4, 0.5) is 26.3 Å². The van der Waals surface area contributed by atoms with Gasteiger partial charge in [-0.05, 0) is 42.0 Å². The van der Waals surface area contributed by atoms with Gasteiger partial charge in [0.15, 0.2) is 0 Å². The van der Waals surface area contributed by atoms with Crippen molar-refractivity contribution in [2.24, 2.45) is 5.84 Å². The fourth-order valence-electron chi connectivity index (χ4n) is 2.56. The number of hydrogen-bond acceptors (Lipinski definition) is 3. The monoisotopic (exact) mass is 392 g/mol. The highest BCUT2D eigenvalue weighted by Gasteiger charge is 2.31. The van der Waals surface area contributed by atoms with Crippen molar-refractivity contribution in [1.29, 1.82) is 0 Å². The largest absolute Gasteiger partial charge is 0.494 e. The van der Waals surface area contributed by atoms with E-state index in [1.807, 2.05) is 0 Å². The van der Waals surface area contributed by atoms with Gasteiger partial charge in [-0.25, -0.2) is 5.01 Å². The SMILES string of the molecule is CN(N)C(CCOc1ccc(C(F)(F)F)cc1)c1cccc(C(F)(F)F)c1. The first-order valence-electron chi connectivity index (χ1n) is 7.93. The van der Waals surface area contributed by atoms with E-state index >= 15 is 0 Å². The molecule has 0 aliphatic rings. The van der Waals surface area contributed by atoms with Crippen LogP contribution in [0, 0.1) is 0 Å². The molecule has 0 fully saturated rings. The van der Waals surface area contributed by atoms with Gasteiger partial charge in [0, 0.05) is 13.5 Å². The summed E-state index contributed by atoms with van der Waals surface area (Å²) >= 11 is 0. The summed E-state index contributed by atoms with van der Waals surface area (Å²) in [4.78, 5) is 0. The zero-order chi connectivity index (χ0) is 20.2. The number of hydrazine groups is 1. The first-order chi connectivity index (χ1) is 12.5. The van der Waals surface area contributed by atoms with E-state index in [0.717, 1.165) is 24.3 Å². The van der Waals surface area contributed by atoms with E-state index in [0.29, 0.717) is 5.56 Å². The van der Waals surface area contributed by atoms with E-state index in [4.69, 9.17) is 10.6 Å². The maximum Gasteiger partial charge on any atom is 0.416 e. The Morgan fingerprint density at radius 2 is 1.52 bits per heavy atom. The molecule has 0 radical (unpaired) electrons. The molecule has 0 amide bonds. The summed E-state index contributed by atoms with van der Waals surface area (Å²) in [6.07, 6.45) is -8.66. The number of alkyl halides is 6. The summed E-state index contributed by atoms with van der Waals surface area (Å²) in [5, 5.41) is 1.27. The number of benzene rings is 2. The molecular formula is C18H18F6N2O. The molecule has 27 heavy (non-hydrogen) atoms. The summed E-state index contributed by atoms with van der Waals surface area (Å²) in [5.74, 6) is 5.97. The molecule has 9 heteroatoms. The Hall–Kier alpha value is -2.26. The molecule has 0 heterocycles. The van der Waals surface area contributed by atoms with Gasteiger partial charge in [-0.2, -0.15) is 26.3 Å². The molecule has 148 valence electrons. The lowest BCUT2D eigenvalue weighted by molar-refractivity contribution is -0.138. The smallest absolute Gasteiger partial charge is 0.416 e. The number of hydrogen-bond donors (Lipinski definition) is 1. The molecule has 2 aromatic carbocycles. The van der Waals surface area contributed by atoms with E-state index in [1.54, 1.807) is 0 Å². The van der Waals surface area contributed by atoms with Crippen molar-refractivity contribution in [1.82, 2.24) is 5.01 Å². The van der Waals surface area contributed by atoms with Gasteiger partial charge in [0.25, 0.3) is 0 Å². The lowest BCUT2D eigenvalue weighted by Crippen LogP contribution is -2.32. The second kappa shape index (κ2) is 8.18. The summed E-state index contributed by atoms with van der Waals surface area (Å²) < 4.78 is 81.6. The quantitative estimate of drug-likeness (QED) is 0.425. The van der Waals surface area contributed by atoms with Crippen molar-refractivity contribution in [3.8, 4) is 5.75 Å². The zero-order valence-electron chi connectivity index (χ0n) is 14.3. The number of nitrogens with zero attached hydrogens (tertiary/aromatic N) is 1. The molecule has 1 unspecified atom stereocenters. The minimum atomic E-state index is -4.47. The van der Waals surface area contributed by atoms with Crippen LogP contribution >= 0.6 is 0 Å². The van der Waals surface area contributed by atoms with Crippen molar-refractivity contribution >= 4 is 0 Å². The zero-order valence-corrected chi connectivity index (χ0v) is 14.3. The first kappa shape index (κ1) is 21.0. The lowest BCUT2D eigenvalue weighted by atomic mass is 10.0. The van der Waals surface area contributed by atoms with Crippen molar-refractivity contribution in [3.63, 3.8) is 0 Å². The Morgan fingerprint density at radius 1 is 0.926 bits per heavy atom. The van der Waals surface area contributed by atoms with Gasteiger partial charge in [0.2, 0.25) is 0 Å². The normalized spacial score (nSPS) is 13.7. The second-order valence-electron chi connectivity index (χ2n) is 5.96. The van der Waals surface area contributed by atoms with E-state index in [2.05, 4.69) is 0 Å². The third-order valence-electron chi connectivity index (χ3n) is 3.93. The van der Waals surface area contributed by atoms with E-state index in [9.17, 15) is 26.3 Å². The minimum Gasteiger partial charge on any atom is -0.494 e. The molecule has 2 N–H and O–H groups in total. The fraction of sp³-hybridized carbons (Fsp3) is 0.333. The van der Waals surface area contributed by atoms with Crippen LogP contribution in [-0.4, -0.2) is 18.7 Å². The third kappa shape index (κ3) is 5.86. The molecule has 0 bridgehead atoms. The van der Waals surface area contributed by atoms with E-state index in [1.165, 1.54) is 36.3 Å². The average Bonchev–Trinajstić information content (AvgIpc) is 2.57. The fourth-order valence-corrected chi connectivity index (χ4v) is 2.56. The van der Waals surface area contributed by atoms with Crippen LogP contribution in [0.15, 0.2) is 48.5 Å². The average molecular weight is 392 g/mol. The molecule has 0 aliphatic carbocycles. The van der Waals surface area contributed by atoms with E-state index in [-0.39, 0.29) is 18.8 Å². The summed E-state index contributed by atoms with van der Waals surface area (Å²) in [7, 11) is 1.52. The number of nitrogens with two attached hydrogens (primary N) is 1. The maximum atomic E-state index is 12.9. The maximum absolute atomic E-state index is 12.9. The first-order valence-corrected chi connectivity index (χ1v) is 7.93. The molecule has 1 atom stereocenters. The number of halogens is 6. The van der Waals surface area contributed by atoms with Gasteiger partial charge in [0.1, 0.15) is 5.75 Å². The van der Waals surface area contributed by atoms with E-state index < -0.39 is 29.5 Å². The van der Waals surface area contributed by atoms with Crippen LogP contribution in [0.5, 0.6) is 5.75 Å². The molecule has 0 aromatic heterocycles. The molecular weight excluding hydrogens is 374 g/mol. The summed E-state index contributed by atoms with van der Waals surface area (Å²) in [6, 6.07) is 8.43. The highest BCUT2D eigenvalue weighted by atomic mass is 19.4. The molecule has 3 nitrogen and oxygen atoms in total. The van der Waals surface area contributed by atoms with Gasteiger partial charge in [-0.1, -0.05) is 12.1 Å². The number of ether oxygens (including phenoxy) is 1. The molecule has 0 aliphatic heterocycles. The lowest BCUT2D eigenvalue weighted by Gasteiger charge is -2.25. The van der Waals surface area contributed by atoms with Gasteiger partial charge in [0.05, 0.1) is 23.8 Å². The summed E-state index contributed by atoms with van der Waals surface area (Å²) in [5.41, 5.74) is -1.21. The van der Waals surface area contributed by atoms with Crippen LogP contribution in [-0.2, 0) is 12.4 Å². The van der Waals surface area contributed by atoms with Gasteiger partial charge < -0.3 is 4.74 Å². The predicted octanol–water partition coefficient (Wildman–Crippen LogP) is 5.04. The molecule has 0 saturated heterocycles. The number of rotatable bonds is 6. The van der Waals surface area contributed by atoms with Gasteiger partial charge >= 0.3 is 12.4 Å². The van der Waals surface area contributed by atoms with Crippen molar-refractivity contribution in [3.05, 3.63) is 65.2 Å². The second-order valence-corrected chi connectivity index (χ2v) is 5.96.